The van der Waals surface area contributed by atoms with Crippen LogP contribution in [0.25, 0.3) is 0 Å². The summed E-state index contributed by atoms with van der Waals surface area (Å²) in [6.45, 7) is 1.97. The van der Waals surface area contributed by atoms with Gasteiger partial charge in [-0.25, -0.2) is 0 Å². The maximum Gasteiger partial charge on any atom is 0.171 e. The maximum absolute atomic E-state index is 5.28. The van der Waals surface area contributed by atoms with Crippen LogP contribution in [0, 0.1) is 6.92 Å². The molecule has 1 aromatic rings. The van der Waals surface area contributed by atoms with Crippen molar-refractivity contribution >= 4 is 23.0 Å². The average Bonchev–Trinajstić information content (AvgIpc) is 2.78. The highest BCUT2D eigenvalue weighted by molar-refractivity contribution is 7.80. The van der Waals surface area contributed by atoms with E-state index in [9.17, 15) is 0 Å². The number of hydrogen-bond acceptors (Lipinski definition) is 2. The zero-order chi connectivity index (χ0) is 11.5. The zero-order valence-corrected chi connectivity index (χ0v) is 10.6. The van der Waals surface area contributed by atoms with Gasteiger partial charge in [-0.3, -0.25) is 4.68 Å². The van der Waals surface area contributed by atoms with E-state index in [-0.39, 0.29) is 0 Å². The molecule has 0 atom stereocenters. The van der Waals surface area contributed by atoms with E-state index in [0.29, 0.717) is 11.2 Å². The molecule has 0 radical (unpaired) electrons. The zero-order valence-electron chi connectivity index (χ0n) is 9.79. The molecule has 4 nitrogen and oxygen atoms in total. The Morgan fingerprint density at radius 1 is 1.50 bits per heavy atom. The van der Waals surface area contributed by atoms with Crippen LogP contribution >= 0.6 is 12.2 Å². The predicted octanol–water partition coefficient (Wildman–Crippen LogP) is 1.96. The number of aromatic nitrogens is 2. The molecule has 1 saturated carbocycles. The Kier molecular flexibility index (Phi) is 3.43. The smallest absolute Gasteiger partial charge is 0.171 e. The maximum atomic E-state index is 5.28. The molecule has 1 fully saturated rings. The van der Waals surface area contributed by atoms with Crippen molar-refractivity contribution in [2.45, 2.75) is 38.6 Å². The molecule has 2 N–H and O–H groups in total. The van der Waals surface area contributed by atoms with Crippen LogP contribution in [0.15, 0.2) is 6.20 Å². The van der Waals surface area contributed by atoms with E-state index >= 15 is 0 Å². The lowest BCUT2D eigenvalue weighted by Gasteiger charge is -2.15. The first kappa shape index (κ1) is 11.4. The first-order valence-electron chi connectivity index (χ1n) is 5.73. The summed E-state index contributed by atoms with van der Waals surface area (Å²) in [6.07, 6.45) is 7.03. The van der Waals surface area contributed by atoms with Gasteiger partial charge in [0.1, 0.15) is 0 Å². The highest BCUT2D eigenvalue weighted by Crippen LogP contribution is 2.18. The fraction of sp³-hybridized carbons (Fsp3) is 0.636. The third kappa shape index (κ3) is 2.72. The summed E-state index contributed by atoms with van der Waals surface area (Å²) in [5.41, 5.74) is 1.95. The van der Waals surface area contributed by atoms with Gasteiger partial charge in [-0.15, -0.1) is 0 Å². The van der Waals surface area contributed by atoms with Gasteiger partial charge in [0.05, 0.1) is 11.4 Å². The SMILES string of the molecule is Cc1nn(C)cc1NC(=S)NC1CCCC1. The lowest BCUT2D eigenvalue weighted by molar-refractivity contribution is 0.634. The summed E-state index contributed by atoms with van der Waals surface area (Å²) in [6, 6.07) is 0.553. The van der Waals surface area contributed by atoms with E-state index in [4.69, 9.17) is 12.2 Å². The minimum absolute atomic E-state index is 0.553. The summed E-state index contributed by atoms with van der Waals surface area (Å²) in [5.74, 6) is 0. The number of anilines is 1. The molecule has 0 aliphatic heterocycles. The number of rotatable bonds is 2. The first-order valence-corrected chi connectivity index (χ1v) is 6.14. The Balaban J connectivity index is 1.89. The van der Waals surface area contributed by atoms with Crippen LogP contribution in [0.4, 0.5) is 5.69 Å². The highest BCUT2D eigenvalue weighted by atomic mass is 32.1. The molecule has 0 spiro atoms. The van der Waals surface area contributed by atoms with Crippen LogP contribution in [0.2, 0.25) is 0 Å². The van der Waals surface area contributed by atoms with Crippen molar-refractivity contribution in [3.8, 4) is 0 Å². The van der Waals surface area contributed by atoms with E-state index in [0.717, 1.165) is 11.4 Å². The second kappa shape index (κ2) is 4.82. The van der Waals surface area contributed by atoms with Gasteiger partial charge in [-0.2, -0.15) is 5.10 Å². The van der Waals surface area contributed by atoms with Gasteiger partial charge in [0, 0.05) is 19.3 Å². The monoisotopic (exact) mass is 238 g/mol. The lowest BCUT2D eigenvalue weighted by atomic mass is 10.2. The molecule has 1 aliphatic carbocycles. The van der Waals surface area contributed by atoms with Crippen LogP contribution in [0.3, 0.4) is 0 Å². The second-order valence-electron chi connectivity index (χ2n) is 4.38. The molecule has 16 heavy (non-hydrogen) atoms. The number of aryl methyl sites for hydroxylation is 2. The second-order valence-corrected chi connectivity index (χ2v) is 4.79. The molecule has 1 heterocycles. The van der Waals surface area contributed by atoms with E-state index in [2.05, 4.69) is 15.7 Å². The molecule has 88 valence electrons. The topological polar surface area (TPSA) is 41.9 Å². The molecule has 1 aliphatic rings. The van der Waals surface area contributed by atoms with E-state index in [1.54, 1.807) is 4.68 Å². The molecular formula is C11H18N4S. The van der Waals surface area contributed by atoms with Crippen molar-refractivity contribution < 1.29 is 0 Å². The van der Waals surface area contributed by atoms with Crippen LogP contribution in [-0.2, 0) is 7.05 Å². The Morgan fingerprint density at radius 3 is 2.75 bits per heavy atom. The highest BCUT2D eigenvalue weighted by Gasteiger charge is 2.15. The fourth-order valence-electron chi connectivity index (χ4n) is 2.14. The molecule has 1 aromatic heterocycles. The predicted molar refractivity (Wildman–Crippen MR) is 69.6 cm³/mol. The first-order chi connectivity index (χ1) is 7.65. The Hall–Kier alpha value is -1.10. The Bertz CT molecular complexity index is 379. The number of nitrogens with one attached hydrogen (secondary N) is 2. The molecule has 0 saturated heterocycles. The summed E-state index contributed by atoms with van der Waals surface area (Å²) >= 11 is 5.28. The van der Waals surface area contributed by atoms with Crippen molar-refractivity contribution in [2.24, 2.45) is 7.05 Å². The fourth-order valence-corrected chi connectivity index (χ4v) is 2.41. The number of nitrogens with zero attached hydrogens (tertiary/aromatic N) is 2. The average molecular weight is 238 g/mol. The van der Waals surface area contributed by atoms with E-state index in [1.165, 1.54) is 25.7 Å². The van der Waals surface area contributed by atoms with Gasteiger partial charge in [0.2, 0.25) is 0 Å². The van der Waals surface area contributed by atoms with Gasteiger partial charge < -0.3 is 10.6 Å². The summed E-state index contributed by atoms with van der Waals surface area (Å²) in [5, 5.41) is 11.5. The molecule has 2 rings (SSSR count). The molecule has 0 aromatic carbocycles. The molecule has 0 unspecified atom stereocenters. The summed E-state index contributed by atoms with van der Waals surface area (Å²) in [4.78, 5) is 0. The summed E-state index contributed by atoms with van der Waals surface area (Å²) in [7, 11) is 1.91. The van der Waals surface area contributed by atoms with Crippen LogP contribution in [0.5, 0.6) is 0 Å². The Morgan fingerprint density at radius 2 is 2.19 bits per heavy atom. The molecule has 0 bridgehead atoms. The van der Waals surface area contributed by atoms with Crippen molar-refractivity contribution in [1.82, 2.24) is 15.1 Å². The van der Waals surface area contributed by atoms with Gasteiger partial charge in [0.25, 0.3) is 0 Å². The van der Waals surface area contributed by atoms with Crippen LogP contribution in [-0.4, -0.2) is 20.9 Å². The van der Waals surface area contributed by atoms with Crippen molar-refractivity contribution in [3.05, 3.63) is 11.9 Å². The quantitative estimate of drug-likeness (QED) is 0.773. The third-order valence-electron chi connectivity index (χ3n) is 2.95. The standard InChI is InChI=1S/C11H18N4S/c1-8-10(7-15(2)14-8)13-11(16)12-9-5-3-4-6-9/h7,9H,3-6H2,1-2H3,(H2,12,13,16). The van der Waals surface area contributed by atoms with E-state index < -0.39 is 0 Å². The minimum Gasteiger partial charge on any atom is -0.360 e. The van der Waals surface area contributed by atoms with Crippen molar-refractivity contribution in [2.75, 3.05) is 5.32 Å². The number of thiocarbonyl (C=S) groups is 1. The van der Waals surface area contributed by atoms with Crippen molar-refractivity contribution in [1.29, 1.82) is 0 Å². The Labute approximate surface area is 101 Å². The van der Waals surface area contributed by atoms with Crippen molar-refractivity contribution in [3.63, 3.8) is 0 Å². The molecule has 0 amide bonds. The lowest BCUT2D eigenvalue weighted by Crippen LogP contribution is -2.35. The van der Waals surface area contributed by atoms with Crippen LogP contribution < -0.4 is 10.6 Å². The van der Waals surface area contributed by atoms with Crippen LogP contribution in [0.1, 0.15) is 31.4 Å². The third-order valence-corrected chi connectivity index (χ3v) is 3.17. The van der Waals surface area contributed by atoms with Gasteiger partial charge in [-0.1, -0.05) is 12.8 Å². The number of hydrogen-bond donors (Lipinski definition) is 2. The largest absolute Gasteiger partial charge is 0.360 e. The normalized spacial score (nSPS) is 16.4. The van der Waals surface area contributed by atoms with E-state index in [1.807, 2.05) is 20.2 Å². The minimum atomic E-state index is 0.553. The molecule has 5 heteroatoms. The summed E-state index contributed by atoms with van der Waals surface area (Å²) < 4.78 is 1.79. The van der Waals surface area contributed by atoms with Gasteiger partial charge in [-0.05, 0) is 32.0 Å². The molecular weight excluding hydrogens is 220 g/mol. The van der Waals surface area contributed by atoms with Gasteiger partial charge in [0.15, 0.2) is 5.11 Å². The van der Waals surface area contributed by atoms with Gasteiger partial charge >= 0.3 is 0 Å².